The highest BCUT2D eigenvalue weighted by Gasteiger charge is 2.22. The van der Waals surface area contributed by atoms with Gasteiger partial charge < -0.3 is 10.2 Å². The Kier molecular flexibility index (Phi) is 5.13. The number of para-hydroxylation sites is 1. The molecule has 0 saturated carbocycles. The third-order valence-corrected chi connectivity index (χ3v) is 5.44. The van der Waals surface area contributed by atoms with E-state index in [1.54, 1.807) is 16.2 Å². The van der Waals surface area contributed by atoms with Crippen molar-refractivity contribution in [1.29, 1.82) is 0 Å². The van der Waals surface area contributed by atoms with Gasteiger partial charge in [-0.1, -0.05) is 18.2 Å². The van der Waals surface area contributed by atoms with Crippen LogP contribution >= 0.6 is 11.3 Å². The number of hydrogen-bond donors (Lipinski definition) is 1. The van der Waals surface area contributed by atoms with Crippen molar-refractivity contribution in [2.75, 3.05) is 18.0 Å². The number of rotatable bonds is 5. The predicted octanol–water partition coefficient (Wildman–Crippen LogP) is 3.72. The van der Waals surface area contributed by atoms with E-state index in [1.165, 1.54) is 0 Å². The van der Waals surface area contributed by atoms with E-state index in [0.29, 0.717) is 18.3 Å². The molecule has 5 nitrogen and oxygen atoms in total. The Morgan fingerprint density at radius 3 is 2.88 bits per heavy atom. The van der Waals surface area contributed by atoms with Crippen LogP contribution in [0.25, 0.3) is 0 Å². The molecule has 1 saturated heterocycles. The number of thiophene rings is 1. The number of anilines is 1. The highest BCUT2D eigenvalue weighted by Crippen LogP contribution is 2.22. The molecule has 1 unspecified atom stereocenters. The number of amides is 1. The van der Waals surface area contributed by atoms with Crippen LogP contribution in [0.2, 0.25) is 0 Å². The van der Waals surface area contributed by atoms with Gasteiger partial charge in [0.15, 0.2) is 5.69 Å². The van der Waals surface area contributed by atoms with Crippen molar-refractivity contribution >= 4 is 22.9 Å². The monoisotopic (exact) mass is 366 g/mol. The van der Waals surface area contributed by atoms with E-state index in [9.17, 15) is 4.79 Å². The molecule has 0 radical (unpaired) electrons. The van der Waals surface area contributed by atoms with Crippen molar-refractivity contribution in [2.24, 2.45) is 0 Å². The number of carbonyl (C=O) groups excluding carboxylic acids is 1. The molecular formula is C20H22N4OS. The molecule has 2 aromatic heterocycles. The van der Waals surface area contributed by atoms with Crippen molar-refractivity contribution in [1.82, 2.24) is 15.1 Å². The van der Waals surface area contributed by atoms with E-state index in [0.717, 1.165) is 37.2 Å². The Bertz CT molecular complexity index is 838. The van der Waals surface area contributed by atoms with E-state index in [2.05, 4.69) is 21.9 Å². The van der Waals surface area contributed by atoms with Crippen molar-refractivity contribution in [3.63, 3.8) is 0 Å². The topological polar surface area (TPSA) is 50.2 Å². The molecule has 1 N–H and O–H groups in total. The third-order valence-electron chi connectivity index (χ3n) is 4.71. The van der Waals surface area contributed by atoms with Crippen LogP contribution in [0.15, 0.2) is 59.4 Å². The lowest BCUT2D eigenvalue weighted by Gasteiger charge is -2.23. The number of carbonyl (C=O) groups is 1. The van der Waals surface area contributed by atoms with Crippen molar-refractivity contribution in [3.05, 3.63) is 70.7 Å². The number of piperidine rings is 1. The van der Waals surface area contributed by atoms with Gasteiger partial charge in [-0.3, -0.25) is 9.48 Å². The summed E-state index contributed by atoms with van der Waals surface area (Å²) in [6.45, 7) is 2.52. The minimum absolute atomic E-state index is 0.0649. The molecule has 0 spiro atoms. The van der Waals surface area contributed by atoms with Crippen LogP contribution in [0, 0.1) is 0 Å². The molecule has 1 aliphatic rings. The van der Waals surface area contributed by atoms with Crippen molar-refractivity contribution in [3.8, 4) is 0 Å². The summed E-state index contributed by atoms with van der Waals surface area (Å²) < 4.78 is 1.94. The smallest absolute Gasteiger partial charge is 0.279 e. The summed E-state index contributed by atoms with van der Waals surface area (Å²) in [6, 6.07) is 14.0. The quantitative estimate of drug-likeness (QED) is 0.749. The Morgan fingerprint density at radius 1 is 1.27 bits per heavy atom. The molecule has 3 heterocycles. The molecule has 3 aromatic rings. The second kappa shape index (κ2) is 7.85. The van der Waals surface area contributed by atoms with Crippen LogP contribution in [0.5, 0.6) is 0 Å². The molecule has 1 fully saturated rings. The van der Waals surface area contributed by atoms with E-state index >= 15 is 0 Å². The van der Waals surface area contributed by atoms with Crippen LogP contribution in [-0.4, -0.2) is 28.8 Å². The highest BCUT2D eigenvalue weighted by molar-refractivity contribution is 7.07. The fourth-order valence-electron chi connectivity index (χ4n) is 3.31. The zero-order valence-electron chi connectivity index (χ0n) is 14.5. The summed E-state index contributed by atoms with van der Waals surface area (Å²) in [7, 11) is 0. The standard InChI is InChI=1S/C20H22N4OS/c25-20(19-8-11-24(22-19)18-7-4-10-21-13-18)23(14-16-9-12-26-15-16)17-5-2-1-3-6-17/h1-3,5-6,8-9,11-12,15,18,21H,4,7,10,13-14H2. The fourth-order valence-corrected chi connectivity index (χ4v) is 3.97. The summed E-state index contributed by atoms with van der Waals surface area (Å²) in [5.74, 6) is -0.0649. The van der Waals surface area contributed by atoms with Crippen LogP contribution in [0.3, 0.4) is 0 Å². The SMILES string of the molecule is O=C(c1ccn(C2CCCNC2)n1)N(Cc1ccsc1)c1ccccc1. The van der Waals surface area contributed by atoms with Gasteiger partial charge in [-0.15, -0.1) is 0 Å². The zero-order chi connectivity index (χ0) is 17.8. The van der Waals surface area contributed by atoms with Gasteiger partial charge in [-0.25, -0.2) is 0 Å². The molecule has 1 aliphatic heterocycles. The van der Waals surface area contributed by atoms with Gasteiger partial charge in [0.05, 0.1) is 12.6 Å². The Hall–Kier alpha value is -2.44. The number of hydrogen-bond acceptors (Lipinski definition) is 4. The Morgan fingerprint density at radius 2 is 2.15 bits per heavy atom. The van der Waals surface area contributed by atoms with Gasteiger partial charge in [-0.05, 0) is 60.0 Å². The fraction of sp³-hybridized carbons (Fsp3) is 0.300. The van der Waals surface area contributed by atoms with Gasteiger partial charge >= 0.3 is 0 Å². The number of nitrogens with one attached hydrogen (secondary N) is 1. The number of nitrogens with zero attached hydrogens (tertiary/aromatic N) is 3. The average Bonchev–Trinajstić information content (AvgIpc) is 3.39. The Balaban J connectivity index is 1.59. The van der Waals surface area contributed by atoms with Crippen LogP contribution in [0.1, 0.15) is 34.9 Å². The maximum Gasteiger partial charge on any atom is 0.279 e. The predicted molar refractivity (Wildman–Crippen MR) is 105 cm³/mol. The molecule has 0 aliphatic carbocycles. The Labute approximate surface area is 157 Å². The maximum atomic E-state index is 13.2. The number of benzene rings is 1. The first kappa shape index (κ1) is 17.0. The van der Waals surface area contributed by atoms with E-state index in [1.807, 2.05) is 52.7 Å². The van der Waals surface area contributed by atoms with E-state index in [4.69, 9.17) is 0 Å². The molecule has 1 amide bonds. The van der Waals surface area contributed by atoms with Crippen LogP contribution in [0.4, 0.5) is 5.69 Å². The minimum Gasteiger partial charge on any atom is -0.315 e. The second-order valence-electron chi connectivity index (χ2n) is 6.54. The van der Waals surface area contributed by atoms with E-state index in [-0.39, 0.29) is 5.91 Å². The first-order valence-electron chi connectivity index (χ1n) is 8.95. The second-order valence-corrected chi connectivity index (χ2v) is 7.32. The molecule has 134 valence electrons. The molecule has 1 aromatic carbocycles. The van der Waals surface area contributed by atoms with Gasteiger partial charge in [0, 0.05) is 18.4 Å². The summed E-state index contributed by atoms with van der Waals surface area (Å²) >= 11 is 1.64. The van der Waals surface area contributed by atoms with Gasteiger partial charge in [0.25, 0.3) is 5.91 Å². The largest absolute Gasteiger partial charge is 0.315 e. The molecule has 26 heavy (non-hydrogen) atoms. The summed E-state index contributed by atoms with van der Waals surface area (Å²) in [4.78, 5) is 15.0. The first-order chi connectivity index (χ1) is 12.8. The maximum absolute atomic E-state index is 13.2. The lowest BCUT2D eigenvalue weighted by Crippen LogP contribution is -2.33. The number of aromatic nitrogens is 2. The average molecular weight is 366 g/mol. The molecule has 1 atom stereocenters. The summed E-state index contributed by atoms with van der Waals surface area (Å²) in [5, 5.41) is 12.1. The van der Waals surface area contributed by atoms with Gasteiger partial charge in [0.1, 0.15) is 0 Å². The molecular weight excluding hydrogens is 344 g/mol. The lowest BCUT2D eigenvalue weighted by molar-refractivity contribution is 0.0979. The molecule has 4 rings (SSSR count). The third kappa shape index (κ3) is 3.71. The van der Waals surface area contributed by atoms with Gasteiger partial charge in [-0.2, -0.15) is 16.4 Å². The van der Waals surface area contributed by atoms with Crippen LogP contribution in [-0.2, 0) is 6.54 Å². The highest BCUT2D eigenvalue weighted by atomic mass is 32.1. The van der Waals surface area contributed by atoms with Crippen molar-refractivity contribution < 1.29 is 4.79 Å². The summed E-state index contributed by atoms with van der Waals surface area (Å²) in [6.07, 6.45) is 4.17. The normalized spacial score (nSPS) is 17.2. The first-order valence-corrected chi connectivity index (χ1v) is 9.89. The van der Waals surface area contributed by atoms with E-state index < -0.39 is 0 Å². The zero-order valence-corrected chi connectivity index (χ0v) is 15.4. The minimum atomic E-state index is -0.0649. The van der Waals surface area contributed by atoms with Crippen molar-refractivity contribution in [2.45, 2.75) is 25.4 Å². The molecule has 6 heteroatoms. The summed E-state index contributed by atoms with van der Waals surface area (Å²) in [5.41, 5.74) is 2.51. The van der Waals surface area contributed by atoms with Gasteiger partial charge in [0.2, 0.25) is 0 Å². The van der Waals surface area contributed by atoms with Crippen LogP contribution < -0.4 is 10.2 Å². The lowest BCUT2D eigenvalue weighted by atomic mass is 10.1. The molecule has 0 bridgehead atoms.